The number of piperidine rings is 3. The SMILES string of the molecule is O=C1C2CC3C(=O)N(C4CCCCC4)CCC3NC2CCN1c1ncn[nH]1. The summed E-state index contributed by atoms with van der Waals surface area (Å²) in [5, 5.41) is 10.3. The minimum atomic E-state index is -0.152. The van der Waals surface area contributed by atoms with Crippen molar-refractivity contribution in [3.8, 4) is 0 Å². The van der Waals surface area contributed by atoms with Crippen LogP contribution in [0.4, 0.5) is 5.95 Å². The maximum absolute atomic E-state index is 13.3. The third kappa shape index (κ3) is 2.94. The van der Waals surface area contributed by atoms with Crippen LogP contribution in [-0.2, 0) is 9.59 Å². The molecule has 2 amide bonds. The number of aromatic nitrogens is 3. The molecule has 3 aliphatic heterocycles. The lowest BCUT2D eigenvalue weighted by Crippen LogP contribution is -2.66. The van der Waals surface area contributed by atoms with Gasteiger partial charge in [-0.2, -0.15) is 10.1 Å². The number of H-pyrrole nitrogens is 1. The van der Waals surface area contributed by atoms with Crippen LogP contribution in [0.5, 0.6) is 0 Å². The van der Waals surface area contributed by atoms with Crippen molar-refractivity contribution in [1.82, 2.24) is 25.4 Å². The number of nitrogens with one attached hydrogen (secondary N) is 2. The Morgan fingerprint density at radius 2 is 1.67 bits per heavy atom. The van der Waals surface area contributed by atoms with Gasteiger partial charge in [-0.05, 0) is 32.1 Å². The van der Waals surface area contributed by atoms with Gasteiger partial charge in [-0.1, -0.05) is 19.3 Å². The van der Waals surface area contributed by atoms with Crippen molar-refractivity contribution >= 4 is 17.8 Å². The molecule has 4 unspecified atom stereocenters. The van der Waals surface area contributed by atoms with Gasteiger partial charge in [0.25, 0.3) is 0 Å². The average Bonchev–Trinajstić information content (AvgIpc) is 3.23. The molecule has 4 fully saturated rings. The van der Waals surface area contributed by atoms with Crippen LogP contribution in [0.3, 0.4) is 0 Å². The molecule has 27 heavy (non-hydrogen) atoms. The fourth-order valence-corrected chi connectivity index (χ4v) is 5.70. The molecule has 0 bridgehead atoms. The number of aromatic amines is 1. The summed E-state index contributed by atoms with van der Waals surface area (Å²) < 4.78 is 0. The molecule has 4 atom stereocenters. The van der Waals surface area contributed by atoms with Gasteiger partial charge in [0.2, 0.25) is 17.8 Å². The van der Waals surface area contributed by atoms with Crippen molar-refractivity contribution in [1.29, 1.82) is 0 Å². The molecule has 8 heteroatoms. The molecule has 4 heterocycles. The molecular weight excluding hydrogens is 344 g/mol. The maximum Gasteiger partial charge on any atom is 0.234 e. The summed E-state index contributed by atoms with van der Waals surface area (Å²) in [4.78, 5) is 34.4. The topological polar surface area (TPSA) is 94.2 Å². The first kappa shape index (κ1) is 17.2. The highest BCUT2D eigenvalue weighted by Crippen LogP contribution is 2.38. The molecule has 3 saturated heterocycles. The molecule has 1 aromatic rings. The van der Waals surface area contributed by atoms with Crippen molar-refractivity contribution in [2.24, 2.45) is 11.8 Å². The highest BCUT2D eigenvalue weighted by Gasteiger charge is 2.50. The van der Waals surface area contributed by atoms with E-state index in [9.17, 15) is 9.59 Å². The number of carbonyl (C=O) groups is 2. The summed E-state index contributed by atoms with van der Waals surface area (Å²) in [6, 6.07) is 0.813. The number of hydrogen-bond acceptors (Lipinski definition) is 5. The molecule has 2 N–H and O–H groups in total. The van der Waals surface area contributed by atoms with E-state index in [1.165, 1.54) is 25.6 Å². The zero-order valence-corrected chi connectivity index (χ0v) is 15.6. The van der Waals surface area contributed by atoms with E-state index in [-0.39, 0.29) is 35.7 Å². The van der Waals surface area contributed by atoms with Crippen LogP contribution in [0.15, 0.2) is 6.33 Å². The van der Waals surface area contributed by atoms with E-state index in [2.05, 4.69) is 25.4 Å². The van der Waals surface area contributed by atoms with Crippen molar-refractivity contribution in [3.05, 3.63) is 6.33 Å². The fraction of sp³-hybridized carbons (Fsp3) is 0.789. The first-order chi connectivity index (χ1) is 13.2. The highest BCUT2D eigenvalue weighted by molar-refractivity contribution is 5.95. The van der Waals surface area contributed by atoms with Gasteiger partial charge in [0.1, 0.15) is 6.33 Å². The standard InChI is InChI=1S/C19H28N6O2/c26-17-13-10-14-16(7-9-25(18(14)27)19-20-11-21-23-19)22-15(13)6-8-24(17)12-4-2-1-3-5-12/h11-16,22H,1-10H2,(H,20,21,23). The molecule has 146 valence electrons. The largest absolute Gasteiger partial charge is 0.339 e. The van der Waals surface area contributed by atoms with Gasteiger partial charge in [0.15, 0.2) is 0 Å². The van der Waals surface area contributed by atoms with Gasteiger partial charge in [-0.25, -0.2) is 5.10 Å². The molecule has 0 spiro atoms. The van der Waals surface area contributed by atoms with Gasteiger partial charge < -0.3 is 10.2 Å². The smallest absolute Gasteiger partial charge is 0.234 e. The van der Waals surface area contributed by atoms with Gasteiger partial charge in [-0.3, -0.25) is 14.5 Å². The Bertz CT molecular complexity index is 701. The normalized spacial score (nSPS) is 35.1. The Morgan fingerprint density at radius 1 is 0.926 bits per heavy atom. The number of carbonyl (C=O) groups excluding carboxylic acids is 2. The first-order valence-electron chi connectivity index (χ1n) is 10.5. The van der Waals surface area contributed by atoms with Crippen LogP contribution in [0.25, 0.3) is 0 Å². The summed E-state index contributed by atoms with van der Waals surface area (Å²) in [7, 11) is 0. The number of amides is 2. The van der Waals surface area contributed by atoms with E-state index in [1.807, 2.05) is 0 Å². The number of likely N-dealkylation sites (tertiary alicyclic amines) is 1. The second-order valence-corrected chi connectivity index (χ2v) is 8.53. The quantitative estimate of drug-likeness (QED) is 0.810. The lowest BCUT2D eigenvalue weighted by Gasteiger charge is -2.50. The third-order valence-corrected chi connectivity index (χ3v) is 7.11. The van der Waals surface area contributed by atoms with E-state index in [1.54, 1.807) is 4.90 Å². The van der Waals surface area contributed by atoms with Gasteiger partial charge in [-0.15, -0.1) is 0 Å². The second-order valence-electron chi connectivity index (χ2n) is 8.53. The van der Waals surface area contributed by atoms with Crippen LogP contribution in [0.2, 0.25) is 0 Å². The van der Waals surface area contributed by atoms with Crippen LogP contribution >= 0.6 is 0 Å². The highest BCUT2D eigenvalue weighted by atomic mass is 16.2. The summed E-state index contributed by atoms with van der Waals surface area (Å²) in [6.45, 7) is 1.51. The second kappa shape index (κ2) is 6.89. The van der Waals surface area contributed by atoms with Crippen molar-refractivity contribution in [3.63, 3.8) is 0 Å². The van der Waals surface area contributed by atoms with E-state index in [0.29, 0.717) is 25.0 Å². The predicted molar refractivity (Wildman–Crippen MR) is 98.9 cm³/mol. The Hall–Kier alpha value is -1.96. The third-order valence-electron chi connectivity index (χ3n) is 7.11. The van der Waals surface area contributed by atoms with Crippen molar-refractivity contribution in [2.45, 2.75) is 69.5 Å². The summed E-state index contributed by atoms with van der Waals surface area (Å²) in [6.07, 6.45) is 10.0. The van der Waals surface area contributed by atoms with Crippen LogP contribution < -0.4 is 10.2 Å². The van der Waals surface area contributed by atoms with Crippen LogP contribution in [0.1, 0.15) is 51.4 Å². The van der Waals surface area contributed by atoms with Crippen LogP contribution in [-0.4, -0.2) is 63.1 Å². The van der Waals surface area contributed by atoms with E-state index >= 15 is 0 Å². The Labute approximate surface area is 159 Å². The predicted octanol–water partition coefficient (Wildman–Crippen LogP) is 1.07. The number of hydrogen-bond donors (Lipinski definition) is 2. The minimum absolute atomic E-state index is 0.0662. The monoisotopic (exact) mass is 372 g/mol. The van der Waals surface area contributed by atoms with E-state index in [0.717, 1.165) is 32.2 Å². The fourth-order valence-electron chi connectivity index (χ4n) is 5.70. The number of fused-ring (bicyclic) bond motifs is 2. The molecule has 4 aliphatic rings. The number of anilines is 1. The molecule has 1 aliphatic carbocycles. The molecule has 0 radical (unpaired) electrons. The zero-order valence-electron chi connectivity index (χ0n) is 15.6. The first-order valence-corrected chi connectivity index (χ1v) is 10.5. The lowest BCUT2D eigenvalue weighted by atomic mass is 9.73. The molecule has 5 rings (SSSR count). The number of rotatable bonds is 2. The minimum Gasteiger partial charge on any atom is -0.339 e. The van der Waals surface area contributed by atoms with Crippen molar-refractivity contribution < 1.29 is 9.59 Å². The van der Waals surface area contributed by atoms with Gasteiger partial charge >= 0.3 is 0 Å². The zero-order chi connectivity index (χ0) is 18.4. The lowest BCUT2D eigenvalue weighted by molar-refractivity contribution is -0.147. The molecule has 1 aromatic heterocycles. The molecule has 1 saturated carbocycles. The summed E-state index contributed by atoms with van der Waals surface area (Å²) >= 11 is 0. The molecular formula is C19H28N6O2. The molecule has 8 nitrogen and oxygen atoms in total. The summed E-state index contributed by atoms with van der Waals surface area (Å²) in [5.41, 5.74) is 0. The Kier molecular flexibility index (Phi) is 4.38. The van der Waals surface area contributed by atoms with Gasteiger partial charge in [0.05, 0.1) is 11.8 Å². The maximum atomic E-state index is 13.3. The van der Waals surface area contributed by atoms with Crippen LogP contribution in [0, 0.1) is 11.8 Å². The number of nitrogens with zero attached hydrogens (tertiary/aromatic N) is 4. The van der Waals surface area contributed by atoms with Crippen molar-refractivity contribution in [2.75, 3.05) is 18.0 Å². The Balaban J connectivity index is 1.32. The van der Waals surface area contributed by atoms with E-state index in [4.69, 9.17) is 0 Å². The Morgan fingerprint density at radius 3 is 2.41 bits per heavy atom. The molecule has 0 aromatic carbocycles. The summed E-state index contributed by atoms with van der Waals surface area (Å²) in [5.74, 6) is 0.630. The van der Waals surface area contributed by atoms with E-state index < -0.39 is 0 Å². The van der Waals surface area contributed by atoms with Gasteiger partial charge in [0, 0.05) is 31.2 Å². The average molecular weight is 372 g/mol.